The van der Waals surface area contributed by atoms with Gasteiger partial charge in [-0.2, -0.15) is 8.78 Å². The number of rotatable bonds is 7. The molecule has 0 bridgehead atoms. The summed E-state index contributed by atoms with van der Waals surface area (Å²) in [5, 5.41) is 7.16. The van der Waals surface area contributed by atoms with Gasteiger partial charge in [-0.3, -0.25) is 0 Å². The Labute approximate surface area is 160 Å². The summed E-state index contributed by atoms with van der Waals surface area (Å²) < 4.78 is 30.3. The summed E-state index contributed by atoms with van der Waals surface area (Å²) in [6.07, 6.45) is 2.13. The van der Waals surface area contributed by atoms with Crippen LogP contribution >= 0.6 is 0 Å². The Kier molecular flexibility index (Phi) is 6.80. The summed E-state index contributed by atoms with van der Waals surface area (Å²) in [5.41, 5.74) is 3.14. The molecule has 2 aromatic rings. The van der Waals surface area contributed by atoms with Crippen molar-refractivity contribution >= 4 is 0 Å². The first-order valence-corrected chi connectivity index (χ1v) is 9.64. The van der Waals surface area contributed by atoms with Gasteiger partial charge in [-0.1, -0.05) is 56.3 Å². The number of hydrogen-bond acceptors (Lipinski definition) is 3. The minimum atomic E-state index is -2.82. The minimum absolute atomic E-state index is 0.215. The fraction of sp³-hybridized carbons (Fsp3) is 0.455. The van der Waals surface area contributed by atoms with Crippen LogP contribution in [0.2, 0.25) is 0 Å². The van der Waals surface area contributed by atoms with Crippen LogP contribution in [0.3, 0.4) is 0 Å². The van der Waals surface area contributed by atoms with Crippen molar-refractivity contribution in [3.8, 4) is 5.75 Å². The van der Waals surface area contributed by atoms with Crippen LogP contribution in [-0.2, 0) is 6.54 Å². The molecule has 2 N–H and O–H groups in total. The van der Waals surface area contributed by atoms with Crippen LogP contribution in [-0.4, -0.2) is 19.2 Å². The van der Waals surface area contributed by atoms with Crippen molar-refractivity contribution in [3.05, 3.63) is 65.2 Å². The Bertz CT molecular complexity index is 722. The SMILES string of the molecule is CC(C)c1ccc(OC(F)F)c(CN[C@H]2CCCN[C@H]2c2ccccc2)c1. The van der Waals surface area contributed by atoms with Gasteiger partial charge in [0.05, 0.1) is 0 Å². The molecular formula is C22H28F2N2O. The van der Waals surface area contributed by atoms with E-state index in [1.165, 1.54) is 5.56 Å². The van der Waals surface area contributed by atoms with Gasteiger partial charge < -0.3 is 15.4 Å². The van der Waals surface area contributed by atoms with Crippen molar-refractivity contribution in [1.82, 2.24) is 10.6 Å². The van der Waals surface area contributed by atoms with E-state index >= 15 is 0 Å². The third kappa shape index (κ3) is 5.27. The highest BCUT2D eigenvalue weighted by Crippen LogP contribution is 2.28. The quantitative estimate of drug-likeness (QED) is 0.716. The molecule has 0 aromatic heterocycles. The maximum atomic E-state index is 12.8. The van der Waals surface area contributed by atoms with Crippen LogP contribution in [0, 0.1) is 0 Å². The molecule has 0 unspecified atom stereocenters. The van der Waals surface area contributed by atoms with E-state index in [1.54, 1.807) is 6.07 Å². The van der Waals surface area contributed by atoms with Gasteiger partial charge in [0, 0.05) is 24.2 Å². The van der Waals surface area contributed by atoms with Gasteiger partial charge in [-0.25, -0.2) is 0 Å². The zero-order valence-corrected chi connectivity index (χ0v) is 15.9. The molecule has 3 nitrogen and oxygen atoms in total. The molecule has 1 fully saturated rings. The van der Waals surface area contributed by atoms with Crippen LogP contribution in [0.4, 0.5) is 8.78 Å². The van der Waals surface area contributed by atoms with Crippen molar-refractivity contribution in [2.45, 2.75) is 57.8 Å². The van der Waals surface area contributed by atoms with E-state index < -0.39 is 6.61 Å². The molecule has 0 amide bonds. The molecule has 0 saturated carbocycles. The highest BCUT2D eigenvalue weighted by atomic mass is 19.3. The normalized spacial score (nSPS) is 20.2. The number of ether oxygens (including phenoxy) is 1. The van der Waals surface area contributed by atoms with E-state index in [9.17, 15) is 8.78 Å². The maximum absolute atomic E-state index is 12.8. The zero-order chi connectivity index (χ0) is 19.2. The highest BCUT2D eigenvalue weighted by Gasteiger charge is 2.26. The molecular weight excluding hydrogens is 346 g/mol. The fourth-order valence-electron chi connectivity index (χ4n) is 3.67. The second-order valence-electron chi connectivity index (χ2n) is 7.37. The fourth-order valence-corrected chi connectivity index (χ4v) is 3.67. The molecule has 0 spiro atoms. The van der Waals surface area contributed by atoms with E-state index in [0.717, 1.165) is 30.5 Å². The van der Waals surface area contributed by atoms with Crippen molar-refractivity contribution in [3.63, 3.8) is 0 Å². The predicted octanol–water partition coefficient (Wildman–Crippen LogP) is 4.99. The standard InChI is InChI=1S/C22H28F2N2O/c1-15(2)17-10-11-20(27-22(23)24)18(13-17)14-26-19-9-6-12-25-21(19)16-7-4-3-5-8-16/h3-5,7-8,10-11,13,15,19,21-22,25-26H,6,9,12,14H2,1-2H3/t19-,21-/m0/s1. The highest BCUT2D eigenvalue weighted by molar-refractivity contribution is 5.38. The smallest absolute Gasteiger partial charge is 0.387 e. The summed E-state index contributed by atoms with van der Waals surface area (Å²) in [6.45, 7) is 2.86. The Morgan fingerprint density at radius 2 is 1.93 bits per heavy atom. The molecule has 0 radical (unpaired) electrons. The van der Waals surface area contributed by atoms with E-state index in [0.29, 0.717) is 12.5 Å². The molecule has 27 heavy (non-hydrogen) atoms. The Hall–Kier alpha value is -1.98. The summed E-state index contributed by atoms with van der Waals surface area (Å²) in [4.78, 5) is 0. The number of nitrogens with one attached hydrogen (secondary N) is 2. The van der Waals surface area contributed by atoms with Crippen LogP contribution < -0.4 is 15.4 Å². The number of halogens is 2. The summed E-state index contributed by atoms with van der Waals surface area (Å²) in [5.74, 6) is 0.583. The molecule has 2 atom stereocenters. The van der Waals surface area contributed by atoms with Crippen LogP contribution in [0.15, 0.2) is 48.5 Å². The molecule has 5 heteroatoms. The van der Waals surface area contributed by atoms with E-state index in [1.807, 2.05) is 30.3 Å². The Morgan fingerprint density at radius 1 is 1.15 bits per heavy atom. The van der Waals surface area contributed by atoms with Gasteiger partial charge in [0.15, 0.2) is 0 Å². The number of piperidine rings is 1. The Balaban J connectivity index is 1.76. The van der Waals surface area contributed by atoms with Crippen LogP contribution in [0.25, 0.3) is 0 Å². The first-order valence-electron chi connectivity index (χ1n) is 9.64. The van der Waals surface area contributed by atoms with Gasteiger partial charge in [0.1, 0.15) is 5.75 Å². The number of hydrogen-bond donors (Lipinski definition) is 2. The van der Waals surface area contributed by atoms with Gasteiger partial charge in [0.2, 0.25) is 0 Å². The van der Waals surface area contributed by atoms with E-state index in [-0.39, 0.29) is 17.8 Å². The molecule has 1 saturated heterocycles. The monoisotopic (exact) mass is 374 g/mol. The van der Waals surface area contributed by atoms with Crippen molar-refractivity contribution in [2.24, 2.45) is 0 Å². The maximum Gasteiger partial charge on any atom is 0.387 e. The average molecular weight is 374 g/mol. The topological polar surface area (TPSA) is 33.3 Å². The molecule has 1 aliphatic rings. The molecule has 1 heterocycles. The first-order chi connectivity index (χ1) is 13.0. The second-order valence-corrected chi connectivity index (χ2v) is 7.37. The second kappa shape index (κ2) is 9.29. The van der Waals surface area contributed by atoms with Gasteiger partial charge in [-0.15, -0.1) is 0 Å². The third-order valence-corrected chi connectivity index (χ3v) is 5.14. The lowest BCUT2D eigenvalue weighted by molar-refractivity contribution is -0.0505. The largest absolute Gasteiger partial charge is 0.434 e. The first kappa shape index (κ1) is 19.8. The lowest BCUT2D eigenvalue weighted by Gasteiger charge is -2.34. The number of alkyl halides is 2. The summed E-state index contributed by atoms with van der Waals surface area (Å²) in [7, 11) is 0. The lowest BCUT2D eigenvalue weighted by atomic mass is 9.92. The Morgan fingerprint density at radius 3 is 2.63 bits per heavy atom. The van der Waals surface area contributed by atoms with Gasteiger partial charge >= 0.3 is 6.61 Å². The molecule has 3 rings (SSSR count). The third-order valence-electron chi connectivity index (χ3n) is 5.14. The number of benzene rings is 2. The minimum Gasteiger partial charge on any atom is -0.434 e. The molecule has 2 aromatic carbocycles. The zero-order valence-electron chi connectivity index (χ0n) is 15.9. The van der Waals surface area contributed by atoms with Gasteiger partial charge in [-0.05, 0) is 42.5 Å². The summed E-state index contributed by atoms with van der Waals surface area (Å²) >= 11 is 0. The molecule has 146 valence electrons. The molecule has 1 aliphatic heterocycles. The average Bonchev–Trinajstić information content (AvgIpc) is 2.67. The summed E-state index contributed by atoms with van der Waals surface area (Å²) in [6, 6.07) is 16.3. The molecule has 0 aliphatic carbocycles. The van der Waals surface area contributed by atoms with Crippen molar-refractivity contribution in [2.75, 3.05) is 6.54 Å². The van der Waals surface area contributed by atoms with Crippen LogP contribution in [0.1, 0.15) is 55.3 Å². The van der Waals surface area contributed by atoms with Crippen molar-refractivity contribution < 1.29 is 13.5 Å². The van der Waals surface area contributed by atoms with Crippen LogP contribution in [0.5, 0.6) is 5.75 Å². The van der Waals surface area contributed by atoms with Crippen molar-refractivity contribution in [1.29, 1.82) is 0 Å². The van der Waals surface area contributed by atoms with Gasteiger partial charge in [0.25, 0.3) is 0 Å². The predicted molar refractivity (Wildman–Crippen MR) is 104 cm³/mol. The van der Waals surface area contributed by atoms with E-state index in [2.05, 4.69) is 36.6 Å². The lowest BCUT2D eigenvalue weighted by Crippen LogP contribution is -2.45. The van der Waals surface area contributed by atoms with E-state index in [4.69, 9.17) is 4.74 Å².